The highest BCUT2D eigenvalue weighted by molar-refractivity contribution is 5.96. The number of methoxy groups -OCH3 is 2. The zero-order valence-electron chi connectivity index (χ0n) is 21.1. The maximum Gasteiger partial charge on any atom is 0.228 e. The van der Waals surface area contributed by atoms with Gasteiger partial charge in [0.05, 0.1) is 37.5 Å². The lowest BCUT2D eigenvalue weighted by Gasteiger charge is -2.21. The number of anilines is 4. The van der Waals surface area contributed by atoms with Crippen LogP contribution in [0.25, 0.3) is 22.2 Å². The molecule has 2 heterocycles. The van der Waals surface area contributed by atoms with Gasteiger partial charge in [0, 0.05) is 54.9 Å². The van der Waals surface area contributed by atoms with Crippen LogP contribution in [-0.2, 0) is 13.5 Å². The lowest BCUT2D eigenvalue weighted by atomic mass is 10.0. The minimum Gasteiger partial charge on any atom is -0.494 e. The second-order valence-corrected chi connectivity index (χ2v) is 8.60. The fraction of sp³-hybridized carbons (Fsp3) is 0.308. The van der Waals surface area contributed by atoms with E-state index in [4.69, 9.17) is 20.2 Å². The lowest BCUT2D eigenvalue weighted by molar-refractivity contribution is 0.409. The number of rotatable bonds is 9. The molecule has 0 unspecified atom stereocenters. The number of hydrogen-bond acceptors (Lipinski definition) is 8. The topological polar surface area (TPSA) is 102 Å². The van der Waals surface area contributed by atoms with Crippen LogP contribution in [0.2, 0.25) is 0 Å². The van der Waals surface area contributed by atoms with Crippen LogP contribution in [0.15, 0.2) is 42.7 Å². The van der Waals surface area contributed by atoms with Gasteiger partial charge in [-0.15, -0.1) is 0 Å². The van der Waals surface area contributed by atoms with Crippen LogP contribution in [0.5, 0.6) is 11.5 Å². The molecular weight excluding hydrogens is 442 g/mol. The van der Waals surface area contributed by atoms with Crippen molar-refractivity contribution in [3.05, 3.63) is 48.3 Å². The van der Waals surface area contributed by atoms with Crippen molar-refractivity contribution in [3.8, 4) is 22.8 Å². The van der Waals surface area contributed by atoms with E-state index in [0.29, 0.717) is 28.8 Å². The van der Waals surface area contributed by atoms with E-state index in [1.165, 1.54) is 0 Å². The summed E-state index contributed by atoms with van der Waals surface area (Å²) in [6.45, 7) is 0.819. The number of nitrogens with two attached hydrogens (primary N) is 1. The minimum atomic E-state index is 0.426. The molecule has 9 heteroatoms. The summed E-state index contributed by atoms with van der Waals surface area (Å²) < 4.78 is 13.4. The minimum absolute atomic E-state index is 0.426. The number of nitrogens with one attached hydrogen (secondary N) is 2. The van der Waals surface area contributed by atoms with Gasteiger partial charge >= 0.3 is 0 Å². The predicted molar refractivity (Wildman–Crippen MR) is 143 cm³/mol. The van der Waals surface area contributed by atoms with E-state index < -0.39 is 0 Å². The SMILES string of the molecule is CNc1cc(OC)c(Nc2ncc(OC)c(-c3cn(C)c4ccccc34)n2)c(CCN(C)C)c1N. The number of nitrogen functional groups attached to an aromatic ring is 1. The average molecular weight is 476 g/mol. The highest BCUT2D eigenvalue weighted by Crippen LogP contribution is 2.41. The Kier molecular flexibility index (Phi) is 6.97. The Labute approximate surface area is 205 Å². The number of para-hydroxylation sites is 1. The molecule has 9 nitrogen and oxygen atoms in total. The Morgan fingerprint density at radius 3 is 2.54 bits per heavy atom. The standard InChI is InChI=1S/C26H33N7O2/c1-28-19-13-21(34-5)24(17(23(19)27)11-12-32(2)3)30-26-29-14-22(35-6)25(31-26)18-15-33(4)20-10-8-7-9-16(18)20/h7-10,13-15,28H,11-12,27H2,1-6H3,(H,29,30,31). The quantitative estimate of drug-likeness (QED) is 0.311. The second kappa shape index (κ2) is 10.1. The third kappa shape index (κ3) is 4.67. The summed E-state index contributed by atoms with van der Waals surface area (Å²) >= 11 is 0. The van der Waals surface area contributed by atoms with Gasteiger partial charge in [0.1, 0.15) is 11.4 Å². The molecule has 0 aliphatic heterocycles. The Hall–Kier alpha value is -3.98. The lowest BCUT2D eigenvalue weighted by Crippen LogP contribution is -2.17. The van der Waals surface area contributed by atoms with Crippen molar-refractivity contribution in [1.82, 2.24) is 19.4 Å². The summed E-state index contributed by atoms with van der Waals surface area (Å²) in [7, 11) is 11.2. The number of aryl methyl sites for hydroxylation is 1. The van der Waals surface area contributed by atoms with Crippen LogP contribution in [0.1, 0.15) is 5.56 Å². The monoisotopic (exact) mass is 475 g/mol. The summed E-state index contributed by atoms with van der Waals surface area (Å²) in [5.41, 5.74) is 12.5. The molecule has 4 N–H and O–H groups in total. The first kappa shape index (κ1) is 24.2. The first-order valence-corrected chi connectivity index (χ1v) is 11.4. The van der Waals surface area contributed by atoms with E-state index in [0.717, 1.165) is 46.4 Å². The van der Waals surface area contributed by atoms with Crippen LogP contribution in [-0.4, -0.2) is 61.3 Å². The van der Waals surface area contributed by atoms with Crippen molar-refractivity contribution in [3.63, 3.8) is 0 Å². The van der Waals surface area contributed by atoms with Crippen molar-refractivity contribution >= 4 is 33.9 Å². The molecule has 0 aliphatic rings. The molecule has 35 heavy (non-hydrogen) atoms. The summed E-state index contributed by atoms with van der Waals surface area (Å²) in [5.74, 6) is 1.68. The van der Waals surface area contributed by atoms with Gasteiger partial charge in [-0.2, -0.15) is 0 Å². The molecule has 0 spiro atoms. The molecule has 0 saturated heterocycles. The number of fused-ring (bicyclic) bond motifs is 1. The number of hydrogen-bond donors (Lipinski definition) is 3. The molecule has 0 aliphatic carbocycles. The van der Waals surface area contributed by atoms with E-state index in [-0.39, 0.29) is 0 Å². The van der Waals surface area contributed by atoms with E-state index in [1.807, 2.05) is 46.4 Å². The maximum atomic E-state index is 6.55. The van der Waals surface area contributed by atoms with Gasteiger partial charge in [-0.25, -0.2) is 9.97 Å². The van der Waals surface area contributed by atoms with Crippen LogP contribution >= 0.6 is 0 Å². The van der Waals surface area contributed by atoms with E-state index in [1.54, 1.807) is 20.4 Å². The Morgan fingerprint density at radius 2 is 1.86 bits per heavy atom. The van der Waals surface area contributed by atoms with Crippen molar-refractivity contribution in [2.75, 3.05) is 58.3 Å². The van der Waals surface area contributed by atoms with Crippen LogP contribution in [0.3, 0.4) is 0 Å². The van der Waals surface area contributed by atoms with Crippen molar-refractivity contribution in [2.24, 2.45) is 7.05 Å². The summed E-state index contributed by atoms with van der Waals surface area (Å²) in [5, 5.41) is 7.63. The van der Waals surface area contributed by atoms with Crippen molar-refractivity contribution in [2.45, 2.75) is 6.42 Å². The highest BCUT2D eigenvalue weighted by atomic mass is 16.5. The molecule has 0 amide bonds. The fourth-order valence-corrected chi connectivity index (χ4v) is 4.24. The molecule has 184 valence electrons. The Balaban J connectivity index is 1.83. The summed E-state index contributed by atoms with van der Waals surface area (Å²) in [6.07, 6.45) is 4.46. The predicted octanol–water partition coefficient (Wildman–Crippen LogP) is 4.12. The molecule has 0 saturated carbocycles. The maximum absolute atomic E-state index is 6.55. The van der Waals surface area contributed by atoms with E-state index in [2.05, 4.69) is 43.4 Å². The number of nitrogens with zero attached hydrogens (tertiary/aromatic N) is 4. The Bertz CT molecular complexity index is 1350. The van der Waals surface area contributed by atoms with Gasteiger partial charge in [0.2, 0.25) is 5.95 Å². The first-order chi connectivity index (χ1) is 16.9. The third-order valence-electron chi connectivity index (χ3n) is 6.10. The molecule has 0 bridgehead atoms. The summed E-state index contributed by atoms with van der Waals surface area (Å²) in [4.78, 5) is 11.5. The Morgan fingerprint density at radius 1 is 1.11 bits per heavy atom. The first-order valence-electron chi connectivity index (χ1n) is 11.4. The zero-order valence-corrected chi connectivity index (χ0v) is 21.1. The van der Waals surface area contributed by atoms with Gasteiger partial charge in [0.25, 0.3) is 0 Å². The fourth-order valence-electron chi connectivity index (χ4n) is 4.24. The molecule has 0 atom stereocenters. The molecule has 2 aromatic carbocycles. The van der Waals surface area contributed by atoms with Crippen LogP contribution in [0.4, 0.5) is 23.0 Å². The van der Waals surface area contributed by atoms with E-state index >= 15 is 0 Å². The highest BCUT2D eigenvalue weighted by Gasteiger charge is 2.20. The number of aromatic nitrogens is 3. The molecule has 4 aromatic rings. The van der Waals surface area contributed by atoms with Crippen molar-refractivity contribution < 1.29 is 9.47 Å². The molecule has 2 aromatic heterocycles. The van der Waals surface area contributed by atoms with Gasteiger partial charge < -0.3 is 35.3 Å². The zero-order chi connectivity index (χ0) is 25.1. The third-order valence-corrected chi connectivity index (χ3v) is 6.10. The smallest absolute Gasteiger partial charge is 0.228 e. The van der Waals surface area contributed by atoms with Crippen LogP contribution < -0.4 is 25.8 Å². The normalized spacial score (nSPS) is 11.2. The molecular formula is C26H33N7O2. The van der Waals surface area contributed by atoms with Gasteiger partial charge in [0.15, 0.2) is 5.75 Å². The van der Waals surface area contributed by atoms with Crippen molar-refractivity contribution in [1.29, 1.82) is 0 Å². The van der Waals surface area contributed by atoms with Gasteiger partial charge in [-0.1, -0.05) is 18.2 Å². The largest absolute Gasteiger partial charge is 0.494 e. The molecule has 0 fully saturated rings. The average Bonchev–Trinajstić information content (AvgIpc) is 3.20. The van der Waals surface area contributed by atoms with Crippen LogP contribution in [0, 0.1) is 0 Å². The number of ether oxygens (including phenoxy) is 2. The van der Waals surface area contributed by atoms with Gasteiger partial charge in [-0.3, -0.25) is 0 Å². The number of benzene rings is 2. The summed E-state index contributed by atoms with van der Waals surface area (Å²) in [6, 6.07) is 10.1. The van der Waals surface area contributed by atoms with Gasteiger partial charge in [-0.05, 0) is 26.6 Å². The molecule has 4 rings (SSSR count). The second-order valence-electron chi connectivity index (χ2n) is 8.60. The molecule has 0 radical (unpaired) electrons. The number of likely N-dealkylation sites (N-methyl/N-ethyl adjacent to an activating group) is 1. The van der Waals surface area contributed by atoms with E-state index in [9.17, 15) is 0 Å².